The van der Waals surface area contributed by atoms with Gasteiger partial charge in [0.25, 0.3) is 0 Å². The molecule has 0 aliphatic heterocycles. The van der Waals surface area contributed by atoms with Gasteiger partial charge < -0.3 is 10.6 Å². The second-order valence-electron chi connectivity index (χ2n) is 5.52. The lowest BCUT2D eigenvalue weighted by Gasteiger charge is -2.18. The molecule has 2 aromatic rings. The molecular formula is C18H22BrN3O3S. The molecule has 0 aliphatic carbocycles. The van der Waals surface area contributed by atoms with E-state index < -0.39 is 10.0 Å². The van der Waals surface area contributed by atoms with E-state index in [1.165, 1.54) is 16.4 Å². The van der Waals surface area contributed by atoms with E-state index in [1.54, 1.807) is 26.0 Å². The Labute approximate surface area is 162 Å². The molecule has 0 fully saturated rings. The highest BCUT2D eigenvalue weighted by molar-refractivity contribution is 9.10. The van der Waals surface area contributed by atoms with E-state index in [2.05, 4.69) is 26.6 Å². The molecule has 0 spiro atoms. The summed E-state index contributed by atoms with van der Waals surface area (Å²) in [6.07, 6.45) is 0. The third kappa shape index (κ3) is 5.30. The van der Waals surface area contributed by atoms with Crippen molar-refractivity contribution in [2.45, 2.75) is 18.7 Å². The summed E-state index contributed by atoms with van der Waals surface area (Å²) in [5.74, 6) is -0.215. The summed E-state index contributed by atoms with van der Waals surface area (Å²) >= 11 is 3.35. The molecule has 0 saturated heterocycles. The molecule has 2 N–H and O–H groups in total. The summed E-state index contributed by atoms with van der Waals surface area (Å²) in [7, 11) is -3.49. The largest absolute Gasteiger partial charge is 0.376 e. The Morgan fingerprint density at radius 3 is 2.04 bits per heavy atom. The molecule has 8 heteroatoms. The van der Waals surface area contributed by atoms with Crippen LogP contribution in [0, 0.1) is 0 Å². The fourth-order valence-electron chi connectivity index (χ4n) is 2.38. The van der Waals surface area contributed by atoms with Gasteiger partial charge in [0.2, 0.25) is 15.9 Å². The molecule has 0 atom stereocenters. The smallest absolute Gasteiger partial charge is 0.243 e. The molecule has 0 heterocycles. The molecule has 6 nitrogen and oxygen atoms in total. The quantitative estimate of drug-likeness (QED) is 0.659. The lowest BCUT2D eigenvalue weighted by molar-refractivity contribution is -0.114. The van der Waals surface area contributed by atoms with Gasteiger partial charge in [-0.3, -0.25) is 4.79 Å². The van der Waals surface area contributed by atoms with Gasteiger partial charge in [0.05, 0.1) is 11.4 Å². The lowest BCUT2D eigenvalue weighted by Crippen LogP contribution is -2.30. The van der Waals surface area contributed by atoms with E-state index in [4.69, 9.17) is 0 Å². The van der Waals surface area contributed by atoms with Crippen LogP contribution in [-0.2, 0) is 14.8 Å². The Morgan fingerprint density at radius 2 is 1.50 bits per heavy atom. The minimum absolute atomic E-state index is 0.112. The first kappa shape index (κ1) is 20.4. The van der Waals surface area contributed by atoms with E-state index >= 15 is 0 Å². The van der Waals surface area contributed by atoms with Crippen LogP contribution in [0.15, 0.2) is 57.9 Å². The fourth-order valence-corrected chi connectivity index (χ4v) is 4.10. The van der Waals surface area contributed by atoms with E-state index in [0.717, 1.165) is 10.2 Å². The number of halogens is 1. The van der Waals surface area contributed by atoms with Crippen molar-refractivity contribution < 1.29 is 13.2 Å². The average Bonchev–Trinajstić information content (AvgIpc) is 2.62. The van der Waals surface area contributed by atoms with Gasteiger partial charge in [-0.15, -0.1) is 0 Å². The van der Waals surface area contributed by atoms with Crippen LogP contribution in [0.1, 0.15) is 13.8 Å². The van der Waals surface area contributed by atoms with Crippen molar-refractivity contribution in [2.75, 3.05) is 30.3 Å². The molecule has 0 radical (unpaired) electrons. The third-order valence-electron chi connectivity index (χ3n) is 3.78. The van der Waals surface area contributed by atoms with E-state index in [9.17, 15) is 13.2 Å². The van der Waals surface area contributed by atoms with Gasteiger partial charge in [0, 0.05) is 28.9 Å². The minimum Gasteiger partial charge on any atom is -0.376 e. The van der Waals surface area contributed by atoms with Gasteiger partial charge in [0.1, 0.15) is 0 Å². The molecule has 0 aromatic heterocycles. The number of hydrogen-bond acceptors (Lipinski definition) is 4. The first-order valence-electron chi connectivity index (χ1n) is 8.26. The monoisotopic (exact) mass is 439 g/mol. The van der Waals surface area contributed by atoms with Crippen LogP contribution < -0.4 is 10.6 Å². The van der Waals surface area contributed by atoms with Crippen molar-refractivity contribution in [3.05, 3.63) is 53.0 Å². The maximum Gasteiger partial charge on any atom is 0.243 e. The number of carbonyl (C=O) groups excluding carboxylic acids is 1. The van der Waals surface area contributed by atoms with Crippen LogP contribution in [0.4, 0.5) is 11.4 Å². The van der Waals surface area contributed by atoms with E-state index in [0.29, 0.717) is 18.8 Å². The van der Waals surface area contributed by atoms with E-state index in [1.807, 2.05) is 24.3 Å². The van der Waals surface area contributed by atoms with Gasteiger partial charge in [-0.1, -0.05) is 29.8 Å². The lowest BCUT2D eigenvalue weighted by atomic mass is 10.3. The molecular weight excluding hydrogens is 418 g/mol. The van der Waals surface area contributed by atoms with Gasteiger partial charge in [-0.2, -0.15) is 4.31 Å². The Bertz CT molecular complexity index is 833. The molecule has 2 rings (SSSR count). The molecule has 0 saturated carbocycles. The molecule has 26 heavy (non-hydrogen) atoms. The highest BCUT2D eigenvalue weighted by atomic mass is 79.9. The van der Waals surface area contributed by atoms with Gasteiger partial charge >= 0.3 is 0 Å². The van der Waals surface area contributed by atoms with Gasteiger partial charge in [-0.05, 0) is 48.5 Å². The van der Waals surface area contributed by atoms with Crippen molar-refractivity contribution in [2.24, 2.45) is 0 Å². The number of nitrogens with zero attached hydrogens (tertiary/aromatic N) is 1. The minimum atomic E-state index is -3.49. The second kappa shape index (κ2) is 9.16. The van der Waals surface area contributed by atoms with E-state index in [-0.39, 0.29) is 17.3 Å². The SMILES string of the molecule is CCN(CC)S(=O)(=O)c1ccc(NC(=O)CNc2ccc(Br)cc2)cc1. The molecule has 2 aromatic carbocycles. The number of amides is 1. The van der Waals surface area contributed by atoms with Crippen LogP contribution in [0.2, 0.25) is 0 Å². The summed E-state index contributed by atoms with van der Waals surface area (Å²) in [5, 5.41) is 5.76. The normalized spacial score (nSPS) is 11.4. The highest BCUT2D eigenvalue weighted by Gasteiger charge is 2.21. The molecule has 0 aliphatic rings. The van der Waals surface area contributed by atoms with Crippen LogP contribution in [-0.4, -0.2) is 38.3 Å². The van der Waals surface area contributed by atoms with Crippen molar-refractivity contribution in [3.63, 3.8) is 0 Å². The Balaban J connectivity index is 1.96. The summed E-state index contributed by atoms with van der Waals surface area (Å²) in [5.41, 5.74) is 1.38. The van der Waals surface area contributed by atoms with Crippen LogP contribution in [0.5, 0.6) is 0 Å². The Hall–Kier alpha value is -1.90. The zero-order valence-electron chi connectivity index (χ0n) is 14.7. The summed E-state index contributed by atoms with van der Waals surface area (Å²) in [6, 6.07) is 13.7. The summed E-state index contributed by atoms with van der Waals surface area (Å²) in [6.45, 7) is 4.54. The van der Waals surface area contributed by atoms with Gasteiger partial charge in [0.15, 0.2) is 0 Å². The third-order valence-corrected chi connectivity index (χ3v) is 6.37. The number of carbonyl (C=O) groups is 1. The zero-order valence-corrected chi connectivity index (χ0v) is 17.1. The molecule has 1 amide bonds. The summed E-state index contributed by atoms with van der Waals surface area (Å²) < 4.78 is 27.2. The Morgan fingerprint density at radius 1 is 0.962 bits per heavy atom. The maximum absolute atomic E-state index is 12.4. The zero-order chi connectivity index (χ0) is 19.2. The van der Waals surface area contributed by atoms with Crippen molar-refractivity contribution >= 4 is 43.2 Å². The fraction of sp³-hybridized carbons (Fsp3) is 0.278. The molecule has 140 valence electrons. The van der Waals surface area contributed by atoms with Gasteiger partial charge in [-0.25, -0.2) is 8.42 Å². The number of hydrogen-bond donors (Lipinski definition) is 2. The summed E-state index contributed by atoms with van der Waals surface area (Å²) in [4.78, 5) is 12.2. The topological polar surface area (TPSA) is 78.5 Å². The standard InChI is InChI=1S/C18H22BrN3O3S/c1-3-22(4-2)26(24,25)17-11-9-16(10-12-17)21-18(23)13-20-15-7-5-14(19)6-8-15/h5-12,20H,3-4,13H2,1-2H3,(H,21,23). The predicted molar refractivity (Wildman–Crippen MR) is 108 cm³/mol. The highest BCUT2D eigenvalue weighted by Crippen LogP contribution is 2.18. The predicted octanol–water partition coefficient (Wildman–Crippen LogP) is 3.53. The second-order valence-corrected chi connectivity index (χ2v) is 8.38. The maximum atomic E-state index is 12.4. The number of sulfonamides is 1. The van der Waals surface area contributed by atoms with Crippen LogP contribution >= 0.6 is 15.9 Å². The van der Waals surface area contributed by atoms with Crippen molar-refractivity contribution in [1.29, 1.82) is 0 Å². The average molecular weight is 440 g/mol. The number of anilines is 2. The Kier molecular flexibility index (Phi) is 7.19. The van der Waals surface area contributed by atoms with Crippen LogP contribution in [0.3, 0.4) is 0 Å². The number of rotatable bonds is 8. The molecule has 0 unspecified atom stereocenters. The first-order chi connectivity index (χ1) is 12.4. The van der Waals surface area contributed by atoms with Crippen LogP contribution in [0.25, 0.3) is 0 Å². The molecule has 0 bridgehead atoms. The van der Waals surface area contributed by atoms with Crippen molar-refractivity contribution in [1.82, 2.24) is 4.31 Å². The first-order valence-corrected chi connectivity index (χ1v) is 10.5. The number of benzene rings is 2. The number of nitrogens with one attached hydrogen (secondary N) is 2. The van der Waals surface area contributed by atoms with Crippen molar-refractivity contribution in [3.8, 4) is 0 Å².